The van der Waals surface area contributed by atoms with Gasteiger partial charge in [-0.05, 0) is 36.8 Å². The summed E-state index contributed by atoms with van der Waals surface area (Å²) >= 11 is 0. The van der Waals surface area contributed by atoms with Crippen molar-refractivity contribution in [1.29, 1.82) is 0 Å². The largest absolute Gasteiger partial charge is 0.455 e. The molecule has 3 rings (SSSR count). The van der Waals surface area contributed by atoms with E-state index >= 15 is 0 Å². The van der Waals surface area contributed by atoms with Crippen molar-refractivity contribution in [1.82, 2.24) is 5.32 Å². The van der Waals surface area contributed by atoms with Crippen LogP contribution < -0.4 is 14.4 Å². The Labute approximate surface area is 177 Å². The predicted octanol–water partition coefficient (Wildman–Crippen LogP) is 3.87. The third-order valence-corrected chi connectivity index (χ3v) is 5.53. The fourth-order valence-electron chi connectivity index (χ4n) is 2.84. The van der Waals surface area contributed by atoms with Crippen LogP contribution in [0.25, 0.3) is 0 Å². The van der Waals surface area contributed by atoms with E-state index < -0.39 is 15.9 Å². The zero-order chi connectivity index (χ0) is 21.6. The number of ether oxygens (including phenoxy) is 1. The Morgan fingerprint density at radius 1 is 0.933 bits per heavy atom. The van der Waals surface area contributed by atoms with Crippen LogP contribution in [0.4, 0.5) is 5.69 Å². The van der Waals surface area contributed by atoms with Crippen molar-refractivity contribution in [3.05, 3.63) is 90.0 Å². The van der Waals surface area contributed by atoms with Gasteiger partial charge in [0.2, 0.25) is 15.9 Å². The van der Waals surface area contributed by atoms with E-state index in [-0.39, 0.29) is 6.54 Å². The van der Waals surface area contributed by atoms with E-state index in [9.17, 15) is 13.2 Å². The van der Waals surface area contributed by atoms with Gasteiger partial charge in [0, 0.05) is 6.54 Å². The molecule has 0 radical (unpaired) electrons. The molecular formula is C23H24N2O4S. The van der Waals surface area contributed by atoms with Gasteiger partial charge in [0.15, 0.2) is 5.75 Å². The molecule has 3 aromatic carbocycles. The third-order valence-electron chi connectivity index (χ3n) is 4.40. The van der Waals surface area contributed by atoms with Gasteiger partial charge in [0.1, 0.15) is 12.3 Å². The Morgan fingerprint density at radius 2 is 1.57 bits per heavy atom. The maximum atomic E-state index is 12.5. The fourth-order valence-corrected chi connectivity index (χ4v) is 3.70. The number of rotatable bonds is 8. The number of nitrogens with zero attached hydrogens (tertiary/aromatic N) is 1. The maximum absolute atomic E-state index is 12.5. The van der Waals surface area contributed by atoms with E-state index in [1.807, 2.05) is 49.4 Å². The summed E-state index contributed by atoms with van der Waals surface area (Å²) in [6.07, 6.45) is 1.07. The SMILES string of the molecule is Cc1ccc(CNC(=O)CN(c2ccccc2Oc2ccccc2)S(C)(=O)=O)cc1. The Balaban J connectivity index is 1.78. The summed E-state index contributed by atoms with van der Waals surface area (Å²) in [7, 11) is -3.72. The van der Waals surface area contributed by atoms with Crippen LogP contribution >= 0.6 is 0 Å². The summed E-state index contributed by atoms with van der Waals surface area (Å²) in [5.41, 5.74) is 2.37. The van der Waals surface area contributed by atoms with Crippen LogP contribution in [0.3, 0.4) is 0 Å². The Morgan fingerprint density at radius 3 is 2.23 bits per heavy atom. The van der Waals surface area contributed by atoms with Crippen LogP contribution in [-0.2, 0) is 21.4 Å². The van der Waals surface area contributed by atoms with Crippen LogP contribution in [0.2, 0.25) is 0 Å². The summed E-state index contributed by atoms with van der Waals surface area (Å²) in [5.74, 6) is 0.512. The van der Waals surface area contributed by atoms with Crippen LogP contribution in [0.15, 0.2) is 78.9 Å². The molecule has 0 fully saturated rings. The fraction of sp³-hybridized carbons (Fsp3) is 0.174. The van der Waals surface area contributed by atoms with Gasteiger partial charge in [0.25, 0.3) is 0 Å². The topological polar surface area (TPSA) is 75.7 Å². The molecule has 0 aliphatic rings. The van der Waals surface area contributed by atoms with Gasteiger partial charge in [0.05, 0.1) is 11.9 Å². The van der Waals surface area contributed by atoms with Crippen molar-refractivity contribution in [2.24, 2.45) is 0 Å². The number of anilines is 1. The van der Waals surface area contributed by atoms with E-state index in [1.165, 1.54) is 0 Å². The average molecular weight is 425 g/mol. The van der Waals surface area contributed by atoms with Crippen molar-refractivity contribution >= 4 is 21.6 Å². The molecule has 156 valence electrons. The van der Waals surface area contributed by atoms with Gasteiger partial charge in [-0.15, -0.1) is 0 Å². The van der Waals surface area contributed by atoms with Crippen molar-refractivity contribution in [2.75, 3.05) is 17.1 Å². The highest BCUT2D eigenvalue weighted by molar-refractivity contribution is 7.92. The van der Waals surface area contributed by atoms with Crippen molar-refractivity contribution in [3.8, 4) is 11.5 Å². The monoisotopic (exact) mass is 424 g/mol. The van der Waals surface area contributed by atoms with Gasteiger partial charge in [-0.3, -0.25) is 9.10 Å². The van der Waals surface area contributed by atoms with Crippen molar-refractivity contribution in [3.63, 3.8) is 0 Å². The number of amides is 1. The van der Waals surface area contributed by atoms with Gasteiger partial charge in [-0.2, -0.15) is 0 Å². The normalized spacial score (nSPS) is 11.0. The van der Waals surface area contributed by atoms with Crippen LogP contribution in [-0.4, -0.2) is 27.1 Å². The maximum Gasteiger partial charge on any atom is 0.241 e. The number of aryl methyl sites for hydroxylation is 1. The molecule has 1 N–H and O–H groups in total. The third kappa shape index (κ3) is 5.84. The molecule has 30 heavy (non-hydrogen) atoms. The molecule has 7 heteroatoms. The average Bonchev–Trinajstić information content (AvgIpc) is 2.72. The number of para-hydroxylation sites is 3. The summed E-state index contributed by atoms with van der Waals surface area (Å²) in [6.45, 7) is 1.96. The minimum atomic E-state index is -3.72. The van der Waals surface area contributed by atoms with Gasteiger partial charge < -0.3 is 10.1 Å². The molecule has 0 spiro atoms. The van der Waals surface area contributed by atoms with Crippen molar-refractivity contribution < 1.29 is 17.9 Å². The zero-order valence-corrected chi connectivity index (χ0v) is 17.7. The lowest BCUT2D eigenvalue weighted by Crippen LogP contribution is -2.40. The smallest absolute Gasteiger partial charge is 0.241 e. The summed E-state index contributed by atoms with van der Waals surface area (Å²) < 4.78 is 31.9. The van der Waals surface area contributed by atoms with E-state index in [4.69, 9.17) is 4.74 Å². The van der Waals surface area contributed by atoms with E-state index in [0.29, 0.717) is 23.7 Å². The lowest BCUT2D eigenvalue weighted by atomic mass is 10.1. The highest BCUT2D eigenvalue weighted by Crippen LogP contribution is 2.33. The van der Waals surface area contributed by atoms with Crippen LogP contribution in [0.5, 0.6) is 11.5 Å². The molecule has 0 saturated heterocycles. The molecule has 0 saturated carbocycles. The molecule has 6 nitrogen and oxygen atoms in total. The second-order valence-electron chi connectivity index (χ2n) is 6.91. The summed E-state index contributed by atoms with van der Waals surface area (Å²) in [4.78, 5) is 12.5. The first-order valence-electron chi connectivity index (χ1n) is 9.45. The van der Waals surface area contributed by atoms with Gasteiger partial charge in [-0.25, -0.2) is 8.42 Å². The minimum absolute atomic E-state index is 0.300. The van der Waals surface area contributed by atoms with E-state index in [2.05, 4.69) is 5.32 Å². The molecule has 1 amide bonds. The molecule has 0 heterocycles. The molecule has 0 unspecified atom stereocenters. The molecule has 0 bridgehead atoms. The minimum Gasteiger partial charge on any atom is -0.455 e. The van der Waals surface area contributed by atoms with E-state index in [1.54, 1.807) is 36.4 Å². The first-order chi connectivity index (χ1) is 14.3. The first kappa shape index (κ1) is 21.4. The van der Waals surface area contributed by atoms with Gasteiger partial charge in [-0.1, -0.05) is 60.2 Å². The number of carbonyl (C=O) groups excluding carboxylic acids is 1. The predicted molar refractivity (Wildman–Crippen MR) is 118 cm³/mol. The Bertz CT molecular complexity index is 1100. The van der Waals surface area contributed by atoms with Crippen LogP contribution in [0, 0.1) is 6.92 Å². The Hall–Kier alpha value is -3.32. The summed E-state index contributed by atoms with van der Waals surface area (Å²) in [6, 6.07) is 23.6. The first-order valence-corrected chi connectivity index (χ1v) is 11.3. The number of carbonyl (C=O) groups is 1. The highest BCUT2D eigenvalue weighted by Gasteiger charge is 2.24. The highest BCUT2D eigenvalue weighted by atomic mass is 32.2. The zero-order valence-electron chi connectivity index (χ0n) is 16.9. The van der Waals surface area contributed by atoms with Gasteiger partial charge >= 0.3 is 0 Å². The number of hydrogen-bond acceptors (Lipinski definition) is 4. The molecular weight excluding hydrogens is 400 g/mol. The molecule has 3 aromatic rings. The molecule has 0 aliphatic heterocycles. The number of hydrogen-bond donors (Lipinski definition) is 1. The van der Waals surface area contributed by atoms with Crippen LogP contribution in [0.1, 0.15) is 11.1 Å². The quantitative estimate of drug-likeness (QED) is 0.596. The van der Waals surface area contributed by atoms with E-state index in [0.717, 1.165) is 21.7 Å². The lowest BCUT2D eigenvalue weighted by molar-refractivity contribution is -0.119. The number of sulfonamides is 1. The van der Waals surface area contributed by atoms with Crippen molar-refractivity contribution in [2.45, 2.75) is 13.5 Å². The Kier molecular flexibility index (Phi) is 6.74. The summed E-state index contributed by atoms with van der Waals surface area (Å²) in [5, 5.41) is 2.77. The standard InChI is InChI=1S/C23H24N2O4S/c1-18-12-14-19(15-13-18)16-24-23(26)17-25(30(2,27)28)21-10-6-7-11-22(21)29-20-8-4-3-5-9-20/h3-15H,16-17H2,1-2H3,(H,24,26). The second kappa shape index (κ2) is 9.45. The molecule has 0 atom stereocenters. The lowest BCUT2D eigenvalue weighted by Gasteiger charge is -2.24. The number of nitrogens with one attached hydrogen (secondary N) is 1. The number of benzene rings is 3. The molecule has 0 aromatic heterocycles. The molecule has 0 aliphatic carbocycles. The second-order valence-corrected chi connectivity index (χ2v) is 8.82.